The molecule has 2 aromatic carbocycles. The molecule has 4 rings (SSSR count). The first-order valence-corrected chi connectivity index (χ1v) is 10.6. The van der Waals surface area contributed by atoms with Crippen LogP contribution < -0.4 is 18.9 Å². The number of sulfonamides is 1. The molecular formula is C20H19N3O8S. The number of aliphatic hydroxyl groups excluding tert-OH is 1. The van der Waals surface area contributed by atoms with E-state index in [-0.39, 0.29) is 44.6 Å². The molecule has 12 heteroatoms. The highest BCUT2D eigenvalue weighted by Gasteiger charge is 2.28. The van der Waals surface area contributed by atoms with Gasteiger partial charge in [0.1, 0.15) is 40.7 Å². The fraction of sp³-hybridized carbons (Fsp3) is 0.200. The van der Waals surface area contributed by atoms with Crippen LogP contribution in [0.25, 0.3) is 11.0 Å². The van der Waals surface area contributed by atoms with E-state index in [1.54, 1.807) is 6.07 Å². The summed E-state index contributed by atoms with van der Waals surface area (Å²) in [6.07, 6.45) is 1.39. The first-order chi connectivity index (χ1) is 15.4. The van der Waals surface area contributed by atoms with Crippen LogP contribution in [0.15, 0.2) is 56.8 Å². The van der Waals surface area contributed by atoms with Gasteiger partial charge in [-0.15, -0.1) is 0 Å². The highest BCUT2D eigenvalue weighted by atomic mass is 32.2. The van der Waals surface area contributed by atoms with Gasteiger partial charge < -0.3 is 28.3 Å². The van der Waals surface area contributed by atoms with E-state index in [1.165, 1.54) is 58.3 Å². The van der Waals surface area contributed by atoms with Crippen molar-refractivity contribution in [3.8, 4) is 17.2 Å². The van der Waals surface area contributed by atoms with Gasteiger partial charge in [-0.05, 0) is 29.8 Å². The zero-order valence-corrected chi connectivity index (χ0v) is 18.0. The SMILES string of the molecule is COc1cccc(OC)c1S(=O)(=O)Nc1noc2cc(C(O)c3cocn3)cc(OC)c12. The second-order valence-electron chi connectivity index (χ2n) is 6.54. The van der Waals surface area contributed by atoms with Crippen LogP contribution in [0.3, 0.4) is 0 Å². The zero-order valence-electron chi connectivity index (χ0n) is 17.2. The van der Waals surface area contributed by atoms with Crippen molar-refractivity contribution in [2.75, 3.05) is 26.1 Å². The van der Waals surface area contributed by atoms with E-state index >= 15 is 0 Å². The van der Waals surface area contributed by atoms with E-state index in [4.69, 9.17) is 23.2 Å². The maximum absolute atomic E-state index is 13.2. The summed E-state index contributed by atoms with van der Waals surface area (Å²) in [5.41, 5.74) is 0.863. The molecule has 0 spiro atoms. The number of anilines is 1. The number of hydrogen-bond acceptors (Lipinski definition) is 10. The predicted octanol–water partition coefficient (Wildman–Crippen LogP) is 2.72. The Bertz CT molecular complexity index is 1330. The van der Waals surface area contributed by atoms with Crippen LogP contribution in [0.5, 0.6) is 17.2 Å². The predicted molar refractivity (Wildman–Crippen MR) is 111 cm³/mol. The Morgan fingerprint density at radius 2 is 1.75 bits per heavy atom. The van der Waals surface area contributed by atoms with Crippen molar-refractivity contribution in [2.24, 2.45) is 0 Å². The smallest absolute Gasteiger partial charge is 0.270 e. The number of oxazole rings is 1. The van der Waals surface area contributed by atoms with Gasteiger partial charge >= 0.3 is 0 Å². The number of aromatic nitrogens is 2. The molecule has 0 aliphatic heterocycles. The fourth-order valence-corrected chi connectivity index (χ4v) is 4.56. The molecule has 32 heavy (non-hydrogen) atoms. The molecule has 0 aliphatic carbocycles. The third-order valence-corrected chi connectivity index (χ3v) is 6.11. The Kier molecular flexibility index (Phi) is 5.63. The van der Waals surface area contributed by atoms with Crippen LogP contribution in [0.1, 0.15) is 17.4 Å². The molecule has 0 radical (unpaired) electrons. The summed E-state index contributed by atoms with van der Waals surface area (Å²) >= 11 is 0. The number of nitrogens with one attached hydrogen (secondary N) is 1. The fourth-order valence-electron chi connectivity index (χ4n) is 3.23. The zero-order chi connectivity index (χ0) is 22.9. The van der Waals surface area contributed by atoms with Gasteiger partial charge in [-0.25, -0.2) is 13.4 Å². The number of nitrogens with zero attached hydrogens (tertiary/aromatic N) is 2. The minimum atomic E-state index is -4.20. The molecule has 0 fully saturated rings. The van der Waals surface area contributed by atoms with Crippen LogP contribution in [0.4, 0.5) is 5.82 Å². The summed E-state index contributed by atoms with van der Waals surface area (Å²) in [6.45, 7) is 0. The molecule has 0 aliphatic rings. The maximum atomic E-state index is 13.2. The lowest BCUT2D eigenvalue weighted by atomic mass is 10.0. The summed E-state index contributed by atoms with van der Waals surface area (Å²) in [5.74, 6) is 0.308. The molecule has 2 aromatic heterocycles. The number of rotatable bonds is 8. The Morgan fingerprint density at radius 3 is 2.34 bits per heavy atom. The minimum absolute atomic E-state index is 0.0923. The Labute approximate surface area is 182 Å². The van der Waals surface area contributed by atoms with Gasteiger partial charge in [0.05, 0.1) is 21.3 Å². The number of benzene rings is 2. The van der Waals surface area contributed by atoms with Crippen molar-refractivity contribution < 1.29 is 36.7 Å². The first-order valence-electron chi connectivity index (χ1n) is 9.17. The Hall–Kier alpha value is -3.77. The van der Waals surface area contributed by atoms with Crippen molar-refractivity contribution in [3.05, 3.63) is 54.2 Å². The van der Waals surface area contributed by atoms with E-state index < -0.39 is 16.1 Å². The highest BCUT2D eigenvalue weighted by Crippen LogP contribution is 2.39. The van der Waals surface area contributed by atoms with Gasteiger partial charge in [0.25, 0.3) is 10.0 Å². The van der Waals surface area contributed by atoms with Crippen LogP contribution >= 0.6 is 0 Å². The molecule has 0 saturated carbocycles. The lowest BCUT2D eigenvalue weighted by molar-refractivity contribution is 0.214. The van der Waals surface area contributed by atoms with Crippen molar-refractivity contribution >= 4 is 26.8 Å². The monoisotopic (exact) mass is 461 g/mol. The van der Waals surface area contributed by atoms with E-state index in [9.17, 15) is 13.5 Å². The quantitative estimate of drug-likeness (QED) is 0.401. The van der Waals surface area contributed by atoms with E-state index in [2.05, 4.69) is 14.9 Å². The van der Waals surface area contributed by atoms with E-state index in [1.807, 2.05) is 0 Å². The highest BCUT2D eigenvalue weighted by molar-refractivity contribution is 7.93. The van der Waals surface area contributed by atoms with Crippen molar-refractivity contribution in [1.82, 2.24) is 10.1 Å². The molecule has 1 atom stereocenters. The Morgan fingerprint density at radius 1 is 1.06 bits per heavy atom. The largest absolute Gasteiger partial charge is 0.496 e. The normalized spacial score (nSPS) is 12.5. The molecule has 0 bridgehead atoms. The summed E-state index contributed by atoms with van der Waals surface area (Å²) in [6, 6.07) is 7.63. The lowest BCUT2D eigenvalue weighted by Gasteiger charge is -2.14. The minimum Gasteiger partial charge on any atom is -0.496 e. The standard InChI is InChI=1S/C20H19N3O8S/c1-27-13-5-4-6-14(28-2)19(13)32(25,26)23-20-17-15(29-3)7-11(8-16(17)31-22-20)18(24)12-9-30-10-21-12/h4-10,18,24H,1-3H3,(H,22,23). The van der Waals surface area contributed by atoms with Crippen LogP contribution in [0.2, 0.25) is 0 Å². The van der Waals surface area contributed by atoms with Gasteiger partial charge in [0, 0.05) is 0 Å². The lowest BCUT2D eigenvalue weighted by Crippen LogP contribution is -2.15. The number of ether oxygens (including phenoxy) is 3. The molecule has 1 unspecified atom stereocenters. The molecule has 4 aromatic rings. The van der Waals surface area contributed by atoms with E-state index in [0.29, 0.717) is 5.56 Å². The second kappa shape index (κ2) is 8.40. The third-order valence-electron chi connectivity index (χ3n) is 4.71. The van der Waals surface area contributed by atoms with Crippen LogP contribution in [0, 0.1) is 0 Å². The molecule has 11 nitrogen and oxygen atoms in total. The summed E-state index contributed by atoms with van der Waals surface area (Å²) in [5, 5.41) is 14.6. The molecule has 0 saturated heterocycles. The Balaban J connectivity index is 1.78. The number of fused-ring (bicyclic) bond motifs is 1. The third kappa shape index (κ3) is 3.69. The first kappa shape index (κ1) is 21.5. The van der Waals surface area contributed by atoms with Crippen LogP contribution in [-0.2, 0) is 10.0 Å². The molecule has 0 amide bonds. The molecule has 168 valence electrons. The molecule has 2 heterocycles. The van der Waals surface area contributed by atoms with Gasteiger partial charge in [0.15, 0.2) is 22.7 Å². The van der Waals surface area contributed by atoms with Crippen LogP contribution in [-0.4, -0.2) is 45.0 Å². The summed E-state index contributed by atoms with van der Waals surface area (Å²) < 4.78 is 54.8. The average Bonchev–Trinajstić information content (AvgIpc) is 3.47. The number of aliphatic hydroxyl groups is 1. The molecule has 2 N–H and O–H groups in total. The van der Waals surface area contributed by atoms with Crippen molar-refractivity contribution in [3.63, 3.8) is 0 Å². The van der Waals surface area contributed by atoms with Crippen molar-refractivity contribution in [2.45, 2.75) is 11.0 Å². The van der Waals surface area contributed by atoms with Crippen molar-refractivity contribution in [1.29, 1.82) is 0 Å². The number of methoxy groups -OCH3 is 3. The van der Waals surface area contributed by atoms with Gasteiger partial charge in [-0.3, -0.25) is 4.72 Å². The second-order valence-corrected chi connectivity index (χ2v) is 8.16. The average molecular weight is 461 g/mol. The maximum Gasteiger partial charge on any atom is 0.270 e. The van der Waals surface area contributed by atoms with Gasteiger partial charge in [-0.1, -0.05) is 11.2 Å². The van der Waals surface area contributed by atoms with Gasteiger partial charge in [-0.2, -0.15) is 0 Å². The van der Waals surface area contributed by atoms with E-state index in [0.717, 1.165) is 0 Å². The summed E-state index contributed by atoms with van der Waals surface area (Å²) in [4.78, 5) is 3.73. The molecular weight excluding hydrogens is 442 g/mol. The topological polar surface area (TPSA) is 146 Å². The van der Waals surface area contributed by atoms with Gasteiger partial charge in [0.2, 0.25) is 0 Å². The summed E-state index contributed by atoms with van der Waals surface area (Å²) in [7, 11) is -0.0961. The number of hydrogen-bond donors (Lipinski definition) is 2.